The molecule has 0 radical (unpaired) electrons. The van der Waals surface area contributed by atoms with Crippen molar-refractivity contribution in [3.8, 4) is 0 Å². The van der Waals surface area contributed by atoms with Crippen LogP contribution in [0.25, 0.3) is 4.96 Å². The van der Waals surface area contributed by atoms with Crippen LogP contribution in [-0.2, 0) is 6.42 Å². The van der Waals surface area contributed by atoms with E-state index in [1.807, 2.05) is 17.7 Å². The average Bonchev–Trinajstić information content (AvgIpc) is 2.73. The number of aliphatic hydroxyl groups excluding tert-OH is 1. The first kappa shape index (κ1) is 11.9. The van der Waals surface area contributed by atoms with Gasteiger partial charge in [-0.15, -0.1) is 11.3 Å². The molecule has 1 N–H and O–H groups in total. The molecule has 1 aliphatic carbocycles. The van der Waals surface area contributed by atoms with E-state index >= 15 is 0 Å². The number of hydrogen-bond donors (Lipinski definition) is 1. The van der Waals surface area contributed by atoms with Crippen molar-refractivity contribution in [2.45, 2.75) is 39.2 Å². The number of aromatic nitrogens is 2. The Morgan fingerprint density at radius 1 is 1.56 bits per heavy atom. The topological polar surface area (TPSA) is 37.5 Å². The zero-order valence-corrected chi connectivity index (χ0v) is 11.6. The summed E-state index contributed by atoms with van der Waals surface area (Å²) >= 11 is 1.65. The van der Waals surface area contributed by atoms with Crippen LogP contribution in [0.4, 0.5) is 0 Å². The number of aliphatic hydroxyl groups is 1. The Morgan fingerprint density at radius 2 is 2.39 bits per heavy atom. The van der Waals surface area contributed by atoms with E-state index in [0.717, 1.165) is 29.9 Å². The number of nitrogens with zero attached hydrogens (tertiary/aromatic N) is 2. The highest BCUT2D eigenvalue weighted by atomic mass is 32.1. The molecule has 0 aromatic carbocycles. The van der Waals surface area contributed by atoms with Gasteiger partial charge in [0.25, 0.3) is 0 Å². The van der Waals surface area contributed by atoms with Crippen LogP contribution < -0.4 is 0 Å². The Kier molecular flexibility index (Phi) is 2.79. The molecule has 0 fully saturated rings. The Balaban J connectivity index is 1.82. The predicted octanol–water partition coefficient (Wildman–Crippen LogP) is 3.05. The van der Waals surface area contributed by atoms with Crippen LogP contribution >= 0.6 is 11.3 Å². The number of imidazole rings is 1. The molecule has 0 amide bonds. The first-order valence-corrected chi connectivity index (χ1v) is 7.18. The van der Waals surface area contributed by atoms with Gasteiger partial charge in [-0.2, -0.15) is 0 Å². The van der Waals surface area contributed by atoms with E-state index in [1.165, 1.54) is 5.57 Å². The zero-order valence-electron chi connectivity index (χ0n) is 10.8. The van der Waals surface area contributed by atoms with Crippen molar-refractivity contribution >= 4 is 16.3 Å². The highest BCUT2D eigenvalue weighted by Crippen LogP contribution is 2.36. The summed E-state index contributed by atoms with van der Waals surface area (Å²) in [4.78, 5) is 5.64. The molecule has 3 nitrogen and oxygen atoms in total. The molecule has 3 rings (SSSR count). The molecule has 4 heteroatoms. The smallest absolute Gasteiger partial charge is 0.193 e. The molecule has 1 unspecified atom stereocenters. The van der Waals surface area contributed by atoms with Gasteiger partial charge in [0.15, 0.2) is 4.96 Å². The van der Waals surface area contributed by atoms with Crippen LogP contribution in [0.5, 0.6) is 0 Å². The predicted molar refractivity (Wildman–Crippen MR) is 73.9 cm³/mol. The van der Waals surface area contributed by atoms with Gasteiger partial charge in [0.2, 0.25) is 0 Å². The molecule has 0 bridgehead atoms. The van der Waals surface area contributed by atoms with Gasteiger partial charge in [-0.25, -0.2) is 4.98 Å². The normalized spacial score (nSPS) is 23.3. The summed E-state index contributed by atoms with van der Waals surface area (Å²) in [5, 5.41) is 11.9. The first-order valence-electron chi connectivity index (χ1n) is 6.31. The summed E-state index contributed by atoms with van der Waals surface area (Å²) in [5.74, 6) is 0. The lowest BCUT2D eigenvalue weighted by Gasteiger charge is -2.32. The molecule has 0 saturated carbocycles. The number of thiazole rings is 1. The van der Waals surface area contributed by atoms with Crippen molar-refractivity contribution in [1.82, 2.24) is 9.38 Å². The fourth-order valence-corrected chi connectivity index (χ4v) is 3.58. The second kappa shape index (κ2) is 4.21. The fourth-order valence-electron chi connectivity index (χ4n) is 2.86. The minimum Gasteiger partial charge on any atom is -0.389 e. The van der Waals surface area contributed by atoms with Crippen LogP contribution in [0, 0.1) is 5.41 Å². The van der Waals surface area contributed by atoms with Crippen LogP contribution in [0.2, 0.25) is 0 Å². The van der Waals surface area contributed by atoms with Gasteiger partial charge in [-0.05, 0) is 18.3 Å². The molecule has 1 aliphatic rings. The number of hydrogen-bond acceptors (Lipinski definition) is 3. The third kappa shape index (κ3) is 2.35. The minimum atomic E-state index is -0.299. The molecule has 18 heavy (non-hydrogen) atoms. The second-order valence-electron chi connectivity index (χ2n) is 5.94. The number of fused-ring (bicyclic) bond motifs is 1. The van der Waals surface area contributed by atoms with Crippen LogP contribution in [-0.4, -0.2) is 20.6 Å². The standard InChI is InChI=1S/C14H18N2OS/c1-14(2)7-10(6-12(17)8-14)5-11-9-16-3-4-18-13(16)15-11/h3-4,6,9,12,17H,5,7-8H2,1-2H3. The maximum absolute atomic E-state index is 9.89. The van der Waals surface area contributed by atoms with Gasteiger partial charge >= 0.3 is 0 Å². The molecule has 0 spiro atoms. The summed E-state index contributed by atoms with van der Waals surface area (Å²) < 4.78 is 2.06. The number of allylic oxidation sites excluding steroid dienone is 1. The van der Waals surface area contributed by atoms with Crippen molar-refractivity contribution in [2.75, 3.05) is 0 Å². The maximum Gasteiger partial charge on any atom is 0.193 e. The lowest BCUT2D eigenvalue weighted by atomic mass is 9.75. The Hall–Kier alpha value is -1.13. The second-order valence-corrected chi connectivity index (χ2v) is 6.81. The Morgan fingerprint density at radius 3 is 3.11 bits per heavy atom. The molecule has 2 aromatic heterocycles. The summed E-state index contributed by atoms with van der Waals surface area (Å²) in [6, 6.07) is 0. The van der Waals surface area contributed by atoms with Gasteiger partial charge in [0, 0.05) is 24.2 Å². The van der Waals surface area contributed by atoms with Crippen molar-refractivity contribution < 1.29 is 5.11 Å². The third-order valence-corrected chi connectivity index (χ3v) is 4.22. The van der Waals surface area contributed by atoms with Crippen molar-refractivity contribution in [3.05, 3.63) is 35.1 Å². The van der Waals surface area contributed by atoms with Gasteiger partial charge in [-0.3, -0.25) is 4.40 Å². The van der Waals surface area contributed by atoms with E-state index in [2.05, 4.69) is 29.4 Å². The first-order chi connectivity index (χ1) is 8.52. The molecule has 96 valence electrons. The lowest BCUT2D eigenvalue weighted by molar-refractivity contribution is 0.138. The molecular formula is C14H18N2OS. The molecule has 2 aromatic rings. The molecule has 0 saturated heterocycles. The van der Waals surface area contributed by atoms with E-state index in [4.69, 9.17) is 0 Å². The molecule has 0 aliphatic heterocycles. The van der Waals surface area contributed by atoms with Gasteiger partial charge in [0.05, 0.1) is 11.8 Å². The Bertz CT molecular complexity index is 565. The maximum atomic E-state index is 9.89. The van der Waals surface area contributed by atoms with Crippen LogP contribution in [0.1, 0.15) is 32.4 Å². The summed E-state index contributed by atoms with van der Waals surface area (Å²) in [6.07, 6.45) is 8.59. The van der Waals surface area contributed by atoms with Gasteiger partial charge in [-0.1, -0.05) is 25.5 Å². The summed E-state index contributed by atoms with van der Waals surface area (Å²) in [7, 11) is 0. The highest BCUT2D eigenvalue weighted by Gasteiger charge is 2.27. The van der Waals surface area contributed by atoms with E-state index in [9.17, 15) is 5.11 Å². The largest absolute Gasteiger partial charge is 0.389 e. The quantitative estimate of drug-likeness (QED) is 0.845. The monoisotopic (exact) mass is 262 g/mol. The highest BCUT2D eigenvalue weighted by molar-refractivity contribution is 7.15. The van der Waals surface area contributed by atoms with Gasteiger partial charge < -0.3 is 5.11 Å². The van der Waals surface area contributed by atoms with Crippen molar-refractivity contribution in [1.29, 1.82) is 0 Å². The number of rotatable bonds is 2. The summed E-state index contributed by atoms with van der Waals surface area (Å²) in [6.45, 7) is 4.43. The van der Waals surface area contributed by atoms with Crippen molar-refractivity contribution in [2.24, 2.45) is 5.41 Å². The van der Waals surface area contributed by atoms with E-state index in [0.29, 0.717) is 0 Å². The fraction of sp³-hybridized carbons (Fsp3) is 0.500. The SMILES string of the molecule is CC1(C)CC(Cc2cn3ccsc3n2)=CC(O)C1. The molecule has 1 atom stereocenters. The zero-order chi connectivity index (χ0) is 12.8. The lowest BCUT2D eigenvalue weighted by Crippen LogP contribution is -2.25. The molecular weight excluding hydrogens is 244 g/mol. The van der Waals surface area contributed by atoms with Crippen LogP contribution in [0.3, 0.4) is 0 Å². The molecule has 2 heterocycles. The van der Waals surface area contributed by atoms with Gasteiger partial charge in [0.1, 0.15) is 0 Å². The minimum absolute atomic E-state index is 0.195. The van der Waals surface area contributed by atoms with E-state index in [1.54, 1.807) is 11.3 Å². The van der Waals surface area contributed by atoms with Crippen LogP contribution in [0.15, 0.2) is 29.4 Å². The summed E-state index contributed by atoms with van der Waals surface area (Å²) in [5.41, 5.74) is 2.60. The third-order valence-electron chi connectivity index (χ3n) is 3.45. The average molecular weight is 262 g/mol. The van der Waals surface area contributed by atoms with E-state index < -0.39 is 0 Å². The Labute approximate surface area is 111 Å². The van der Waals surface area contributed by atoms with Crippen molar-refractivity contribution in [3.63, 3.8) is 0 Å². The van der Waals surface area contributed by atoms with E-state index in [-0.39, 0.29) is 11.5 Å².